The molecule has 90 valence electrons. The maximum Gasteiger partial charge on any atom is 0.226 e. The molecule has 0 atom stereocenters. The van der Waals surface area contributed by atoms with Crippen molar-refractivity contribution in [2.24, 2.45) is 5.92 Å². The molecule has 1 amide bonds. The van der Waals surface area contributed by atoms with E-state index in [1.807, 2.05) is 38.1 Å². The number of carbonyl (C=O) groups is 2. The highest BCUT2D eigenvalue weighted by molar-refractivity contribution is 5.93. The van der Waals surface area contributed by atoms with Gasteiger partial charge in [-0.05, 0) is 30.7 Å². The molecule has 1 aromatic rings. The van der Waals surface area contributed by atoms with Gasteiger partial charge in [-0.25, -0.2) is 0 Å². The molecule has 0 aliphatic carbocycles. The molecular formula is C14H17NO2. The van der Waals surface area contributed by atoms with Crippen molar-refractivity contribution in [1.82, 2.24) is 0 Å². The minimum atomic E-state index is -0.0349. The van der Waals surface area contributed by atoms with Gasteiger partial charge in [-0.3, -0.25) is 9.59 Å². The Hall–Kier alpha value is -1.90. The summed E-state index contributed by atoms with van der Waals surface area (Å²) in [4.78, 5) is 22.2. The van der Waals surface area contributed by atoms with Gasteiger partial charge in [-0.2, -0.15) is 0 Å². The number of ketones is 1. The van der Waals surface area contributed by atoms with Gasteiger partial charge in [0.05, 0.1) is 0 Å². The van der Waals surface area contributed by atoms with Gasteiger partial charge < -0.3 is 5.32 Å². The van der Waals surface area contributed by atoms with Gasteiger partial charge in [0, 0.05) is 11.6 Å². The van der Waals surface area contributed by atoms with Crippen molar-refractivity contribution in [2.45, 2.75) is 20.8 Å². The summed E-state index contributed by atoms with van der Waals surface area (Å²) >= 11 is 0. The summed E-state index contributed by atoms with van der Waals surface area (Å²) in [6.07, 6.45) is 3.26. The smallest absolute Gasteiger partial charge is 0.226 e. The Balaban J connectivity index is 2.68. The third-order valence-electron chi connectivity index (χ3n) is 2.21. The topological polar surface area (TPSA) is 46.2 Å². The molecule has 3 nitrogen and oxygen atoms in total. The monoisotopic (exact) mass is 231 g/mol. The van der Waals surface area contributed by atoms with Crippen molar-refractivity contribution in [3.63, 3.8) is 0 Å². The Morgan fingerprint density at radius 2 is 1.76 bits per heavy atom. The zero-order valence-electron chi connectivity index (χ0n) is 10.4. The van der Waals surface area contributed by atoms with E-state index < -0.39 is 0 Å². The fourth-order valence-corrected chi connectivity index (χ4v) is 1.18. The van der Waals surface area contributed by atoms with Crippen LogP contribution in [-0.2, 0) is 9.59 Å². The van der Waals surface area contributed by atoms with Gasteiger partial charge in [0.1, 0.15) is 0 Å². The summed E-state index contributed by atoms with van der Waals surface area (Å²) < 4.78 is 0. The molecule has 0 fully saturated rings. The lowest BCUT2D eigenvalue weighted by molar-refractivity contribution is -0.119. The van der Waals surface area contributed by atoms with Crippen LogP contribution in [0.5, 0.6) is 0 Å². The van der Waals surface area contributed by atoms with E-state index in [2.05, 4.69) is 5.32 Å². The summed E-state index contributed by atoms with van der Waals surface area (Å²) in [5.41, 5.74) is 1.70. The number of carbonyl (C=O) groups excluding carboxylic acids is 2. The lowest BCUT2D eigenvalue weighted by Crippen LogP contribution is -2.17. The van der Waals surface area contributed by atoms with Gasteiger partial charge in [0.2, 0.25) is 5.91 Å². The molecule has 1 rings (SSSR count). The lowest BCUT2D eigenvalue weighted by Gasteiger charge is -2.07. The highest BCUT2D eigenvalue weighted by Gasteiger charge is 2.06. The second-order valence-corrected chi connectivity index (χ2v) is 4.21. The van der Waals surface area contributed by atoms with E-state index in [9.17, 15) is 9.59 Å². The first-order chi connectivity index (χ1) is 7.99. The molecule has 0 bridgehead atoms. The normalized spacial score (nSPS) is 10.8. The number of allylic oxidation sites excluding steroid dienone is 1. The van der Waals surface area contributed by atoms with E-state index in [4.69, 9.17) is 0 Å². The molecular weight excluding hydrogens is 214 g/mol. The molecule has 0 saturated heterocycles. The minimum absolute atomic E-state index is 0.00275. The fraction of sp³-hybridized carbons (Fsp3) is 0.286. The van der Waals surface area contributed by atoms with Gasteiger partial charge in [0.25, 0.3) is 0 Å². The maximum atomic E-state index is 11.4. The third-order valence-corrected chi connectivity index (χ3v) is 2.21. The van der Waals surface area contributed by atoms with E-state index >= 15 is 0 Å². The summed E-state index contributed by atoms with van der Waals surface area (Å²) in [6.45, 7) is 5.20. The van der Waals surface area contributed by atoms with Crippen LogP contribution in [0.25, 0.3) is 6.08 Å². The first-order valence-electron chi connectivity index (χ1n) is 5.58. The van der Waals surface area contributed by atoms with Crippen LogP contribution in [-0.4, -0.2) is 11.7 Å². The average Bonchev–Trinajstić information content (AvgIpc) is 2.28. The van der Waals surface area contributed by atoms with Crippen molar-refractivity contribution < 1.29 is 9.59 Å². The number of hydrogen-bond acceptors (Lipinski definition) is 2. The molecule has 0 saturated carbocycles. The van der Waals surface area contributed by atoms with E-state index in [1.165, 1.54) is 13.0 Å². The average molecular weight is 231 g/mol. The van der Waals surface area contributed by atoms with E-state index in [0.29, 0.717) is 0 Å². The van der Waals surface area contributed by atoms with Gasteiger partial charge in [0.15, 0.2) is 5.78 Å². The molecule has 3 heteroatoms. The zero-order chi connectivity index (χ0) is 12.8. The highest BCUT2D eigenvalue weighted by Crippen LogP contribution is 2.12. The summed E-state index contributed by atoms with van der Waals surface area (Å²) in [5.74, 6) is -0.0218. The van der Waals surface area contributed by atoms with Crippen LogP contribution in [0.4, 0.5) is 5.69 Å². The summed E-state index contributed by atoms with van der Waals surface area (Å²) in [7, 11) is 0. The van der Waals surface area contributed by atoms with Crippen molar-refractivity contribution in [3.8, 4) is 0 Å². The van der Waals surface area contributed by atoms with Crippen LogP contribution < -0.4 is 5.32 Å². The molecule has 17 heavy (non-hydrogen) atoms. The molecule has 0 aliphatic heterocycles. The van der Waals surface area contributed by atoms with Gasteiger partial charge in [-0.1, -0.05) is 32.1 Å². The first kappa shape index (κ1) is 13.2. The quantitative estimate of drug-likeness (QED) is 0.810. The predicted molar refractivity (Wildman–Crippen MR) is 69.6 cm³/mol. The molecule has 0 heterocycles. The van der Waals surface area contributed by atoms with Crippen LogP contribution in [0.2, 0.25) is 0 Å². The Kier molecular flexibility index (Phi) is 4.64. The van der Waals surface area contributed by atoms with Crippen molar-refractivity contribution >= 4 is 23.5 Å². The molecule has 0 aromatic heterocycles. The van der Waals surface area contributed by atoms with Crippen molar-refractivity contribution in [1.29, 1.82) is 0 Å². The molecule has 0 spiro atoms. The second-order valence-electron chi connectivity index (χ2n) is 4.21. The van der Waals surface area contributed by atoms with Crippen LogP contribution >= 0.6 is 0 Å². The largest absolute Gasteiger partial charge is 0.326 e. The Bertz CT molecular complexity index is 430. The van der Waals surface area contributed by atoms with Gasteiger partial charge >= 0.3 is 0 Å². The fourth-order valence-electron chi connectivity index (χ4n) is 1.18. The summed E-state index contributed by atoms with van der Waals surface area (Å²) in [6, 6.07) is 7.35. The number of benzene rings is 1. The van der Waals surface area contributed by atoms with Crippen LogP contribution in [0.3, 0.4) is 0 Å². The second kappa shape index (κ2) is 5.99. The number of rotatable bonds is 4. The van der Waals surface area contributed by atoms with E-state index in [-0.39, 0.29) is 17.6 Å². The predicted octanol–water partition coefficient (Wildman–Crippen LogP) is 2.88. The van der Waals surface area contributed by atoms with Crippen molar-refractivity contribution in [2.75, 3.05) is 5.32 Å². The standard InChI is InChI=1S/C14H17NO2/c1-10(2)14(17)15-13-8-6-12(7-9-13)5-4-11(3)16/h4-10H,1-3H3,(H,15,17)/b5-4+. The first-order valence-corrected chi connectivity index (χ1v) is 5.58. The number of anilines is 1. The zero-order valence-corrected chi connectivity index (χ0v) is 10.4. The lowest BCUT2D eigenvalue weighted by atomic mass is 10.1. The number of hydrogen-bond donors (Lipinski definition) is 1. The minimum Gasteiger partial charge on any atom is -0.326 e. The number of amides is 1. The highest BCUT2D eigenvalue weighted by atomic mass is 16.1. The molecule has 0 unspecified atom stereocenters. The Labute approximate surface area is 102 Å². The van der Waals surface area contributed by atoms with Crippen LogP contribution in [0, 0.1) is 5.92 Å². The molecule has 0 radical (unpaired) electrons. The maximum absolute atomic E-state index is 11.4. The Morgan fingerprint density at radius 1 is 1.18 bits per heavy atom. The third kappa shape index (κ3) is 4.64. The Morgan fingerprint density at radius 3 is 2.24 bits per heavy atom. The molecule has 1 aromatic carbocycles. The van der Waals surface area contributed by atoms with Crippen LogP contribution in [0.15, 0.2) is 30.3 Å². The van der Waals surface area contributed by atoms with Gasteiger partial charge in [-0.15, -0.1) is 0 Å². The van der Waals surface area contributed by atoms with Crippen LogP contribution in [0.1, 0.15) is 26.3 Å². The molecule has 1 N–H and O–H groups in total. The van der Waals surface area contributed by atoms with E-state index in [0.717, 1.165) is 11.3 Å². The molecule has 0 aliphatic rings. The number of nitrogens with one attached hydrogen (secondary N) is 1. The van der Waals surface area contributed by atoms with Crippen molar-refractivity contribution in [3.05, 3.63) is 35.9 Å². The van der Waals surface area contributed by atoms with E-state index in [1.54, 1.807) is 6.08 Å². The summed E-state index contributed by atoms with van der Waals surface area (Å²) in [5, 5.41) is 2.80. The SMILES string of the molecule is CC(=O)/C=C/c1ccc(NC(=O)C(C)C)cc1.